The molecule has 0 aliphatic rings. The maximum Gasteiger partial charge on any atom is 0.336 e. The molecule has 5 aromatic carbocycles. The minimum Gasteiger partial charge on any atom is -0.478 e. The Morgan fingerprint density at radius 2 is 1.22 bits per heavy atom. The first-order valence-electron chi connectivity index (χ1n) is 13.1. The number of carboxylic acid groups (broad SMARTS) is 1. The van der Waals surface area contributed by atoms with Gasteiger partial charge in [-0.1, -0.05) is 72.8 Å². The highest BCUT2D eigenvalue weighted by Gasteiger charge is 2.22. The van der Waals surface area contributed by atoms with Crippen LogP contribution in [0.25, 0.3) is 45.0 Å². The number of imidazole rings is 1. The number of rotatable bonds is 7. The summed E-state index contributed by atoms with van der Waals surface area (Å²) in [5.74, 6) is -1.10. The van der Waals surface area contributed by atoms with Crippen LogP contribution in [-0.2, 0) is 6.54 Å². The third kappa shape index (κ3) is 5.28. The number of nitrogens with zero attached hydrogens (tertiary/aromatic N) is 2. The Morgan fingerprint density at radius 1 is 0.659 bits per heavy atom. The number of benzene rings is 5. The van der Waals surface area contributed by atoms with Crippen LogP contribution in [-0.4, -0.2) is 20.6 Å². The van der Waals surface area contributed by atoms with Crippen molar-refractivity contribution in [3.63, 3.8) is 0 Å². The molecule has 41 heavy (non-hydrogen) atoms. The lowest BCUT2D eigenvalue weighted by Crippen LogP contribution is -2.07. The first kappa shape index (κ1) is 25.9. The molecule has 0 aliphatic heterocycles. The van der Waals surface area contributed by atoms with Crippen LogP contribution in [0.15, 0.2) is 127 Å². The third-order valence-corrected chi connectivity index (χ3v) is 6.97. The smallest absolute Gasteiger partial charge is 0.336 e. The van der Waals surface area contributed by atoms with E-state index in [9.17, 15) is 18.7 Å². The van der Waals surface area contributed by atoms with E-state index in [2.05, 4.69) is 0 Å². The van der Waals surface area contributed by atoms with Crippen LogP contribution in [0.3, 0.4) is 0 Å². The molecule has 0 spiro atoms. The van der Waals surface area contributed by atoms with Crippen molar-refractivity contribution in [2.75, 3.05) is 0 Å². The van der Waals surface area contributed by atoms with Gasteiger partial charge >= 0.3 is 5.97 Å². The van der Waals surface area contributed by atoms with Gasteiger partial charge < -0.3 is 9.67 Å². The molecule has 0 bridgehead atoms. The number of aromatic nitrogens is 2. The second kappa shape index (κ2) is 11.0. The van der Waals surface area contributed by atoms with Gasteiger partial charge in [0.15, 0.2) is 0 Å². The van der Waals surface area contributed by atoms with Crippen LogP contribution in [0, 0.1) is 11.6 Å². The minimum atomic E-state index is -1.02. The SMILES string of the molecule is O=C(O)c1cc(Cn2c(-c3ccccc3)nc(-c3ccc(F)cc3)c2-c2ccc(F)cc2)ccc1-c1ccccc1. The molecule has 0 unspecified atom stereocenters. The molecule has 0 radical (unpaired) electrons. The fraction of sp³-hybridized carbons (Fsp3) is 0.0286. The molecule has 6 aromatic rings. The van der Waals surface area contributed by atoms with Crippen molar-refractivity contribution in [3.8, 4) is 45.0 Å². The molecule has 1 N–H and O–H groups in total. The first-order valence-corrected chi connectivity index (χ1v) is 13.1. The van der Waals surface area contributed by atoms with Crippen molar-refractivity contribution >= 4 is 5.97 Å². The van der Waals surface area contributed by atoms with Crippen LogP contribution in [0.4, 0.5) is 8.78 Å². The summed E-state index contributed by atoms with van der Waals surface area (Å²) in [6, 6.07) is 36.7. The van der Waals surface area contributed by atoms with E-state index in [0.717, 1.165) is 22.3 Å². The molecule has 0 saturated carbocycles. The molecule has 4 nitrogen and oxygen atoms in total. The predicted molar refractivity (Wildman–Crippen MR) is 156 cm³/mol. The lowest BCUT2D eigenvalue weighted by atomic mass is 9.97. The highest BCUT2D eigenvalue weighted by molar-refractivity contribution is 5.96. The molecule has 1 aromatic heterocycles. The monoisotopic (exact) mass is 542 g/mol. The van der Waals surface area contributed by atoms with Gasteiger partial charge in [0.1, 0.15) is 17.5 Å². The molecule has 0 saturated heterocycles. The standard InChI is InChI=1S/C35H24F2N2O2/c36-28-16-12-25(13-17-28)32-33(26-14-18-29(37)19-15-26)39(34(38-32)27-9-5-2-6-10-27)22-23-11-20-30(31(21-23)35(40)41)24-7-3-1-4-8-24/h1-21H,22H2,(H,40,41). The largest absolute Gasteiger partial charge is 0.478 e. The lowest BCUT2D eigenvalue weighted by Gasteiger charge is -2.15. The summed E-state index contributed by atoms with van der Waals surface area (Å²) in [4.78, 5) is 17.4. The normalized spacial score (nSPS) is 11.0. The summed E-state index contributed by atoms with van der Waals surface area (Å²) < 4.78 is 29.8. The Bertz CT molecular complexity index is 1830. The zero-order valence-corrected chi connectivity index (χ0v) is 21.8. The van der Waals surface area contributed by atoms with Crippen molar-refractivity contribution in [2.24, 2.45) is 0 Å². The quantitative estimate of drug-likeness (QED) is 0.220. The van der Waals surface area contributed by atoms with Crippen LogP contribution in [0.1, 0.15) is 15.9 Å². The van der Waals surface area contributed by atoms with E-state index < -0.39 is 5.97 Å². The maximum absolute atomic E-state index is 14.0. The Morgan fingerprint density at radius 3 is 1.80 bits per heavy atom. The molecular formula is C35H24F2N2O2. The van der Waals surface area contributed by atoms with Gasteiger partial charge in [-0.3, -0.25) is 0 Å². The summed E-state index contributed by atoms with van der Waals surface area (Å²) in [5, 5.41) is 10.1. The van der Waals surface area contributed by atoms with Crippen LogP contribution < -0.4 is 0 Å². The predicted octanol–water partition coefficient (Wildman–Crippen LogP) is 8.58. The van der Waals surface area contributed by atoms with Crippen molar-refractivity contribution in [3.05, 3.63) is 150 Å². The summed E-state index contributed by atoms with van der Waals surface area (Å²) in [6.45, 7) is 0.292. The fourth-order valence-corrected chi connectivity index (χ4v) is 5.04. The van der Waals surface area contributed by atoms with E-state index in [4.69, 9.17) is 4.98 Å². The van der Waals surface area contributed by atoms with Gasteiger partial charge in [0.05, 0.1) is 17.0 Å². The highest BCUT2D eigenvalue weighted by Crippen LogP contribution is 2.37. The van der Waals surface area contributed by atoms with Gasteiger partial charge in [-0.2, -0.15) is 0 Å². The average molecular weight is 543 g/mol. The molecular weight excluding hydrogens is 518 g/mol. The third-order valence-electron chi connectivity index (χ3n) is 6.97. The molecule has 1 heterocycles. The molecule has 0 atom stereocenters. The fourth-order valence-electron chi connectivity index (χ4n) is 5.04. The van der Waals surface area contributed by atoms with Crippen molar-refractivity contribution in [1.29, 1.82) is 0 Å². The number of carbonyl (C=O) groups is 1. The van der Waals surface area contributed by atoms with E-state index >= 15 is 0 Å². The van der Waals surface area contributed by atoms with Gasteiger partial charge in [0.2, 0.25) is 0 Å². The average Bonchev–Trinajstić information content (AvgIpc) is 3.37. The van der Waals surface area contributed by atoms with Gasteiger partial charge in [0, 0.05) is 23.2 Å². The van der Waals surface area contributed by atoms with E-state index in [1.165, 1.54) is 24.3 Å². The van der Waals surface area contributed by atoms with E-state index in [1.807, 2.05) is 77.4 Å². The molecule has 6 heteroatoms. The summed E-state index contributed by atoms with van der Waals surface area (Å²) in [5.41, 5.74) is 5.98. The lowest BCUT2D eigenvalue weighted by molar-refractivity contribution is 0.0697. The first-order chi connectivity index (χ1) is 20.0. The number of carboxylic acids is 1. The molecule has 6 rings (SSSR count). The van der Waals surface area contributed by atoms with Gasteiger partial charge in [0.25, 0.3) is 0 Å². The highest BCUT2D eigenvalue weighted by atomic mass is 19.1. The molecule has 0 amide bonds. The number of hydrogen-bond donors (Lipinski definition) is 1. The Hall–Kier alpha value is -5.36. The summed E-state index contributed by atoms with van der Waals surface area (Å²) in [7, 11) is 0. The van der Waals surface area contributed by atoms with Crippen molar-refractivity contribution in [2.45, 2.75) is 6.54 Å². The van der Waals surface area contributed by atoms with E-state index in [-0.39, 0.29) is 17.2 Å². The Balaban J connectivity index is 1.57. The van der Waals surface area contributed by atoms with Gasteiger partial charge in [-0.05, 0) is 71.3 Å². The number of hydrogen-bond acceptors (Lipinski definition) is 2. The van der Waals surface area contributed by atoms with Crippen molar-refractivity contribution < 1.29 is 18.7 Å². The van der Waals surface area contributed by atoms with Crippen molar-refractivity contribution in [1.82, 2.24) is 9.55 Å². The van der Waals surface area contributed by atoms with Crippen LogP contribution in [0.2, 0.25) is 0 Å². The summed E-state index contributed by atoms with van der Waals surface area (Å²) in [6.07, 6.45) is 0. The van der Waals surface area contributed by atoms with Gasteiger partial charge in [-0.15, -0.1) is 0 Å². The Kier molecular flexibility index (Phi) is 6.96. The maximum atomic E-state index is 14.0. The minimum absolute atomic E-state index is 0.192. The zero-order chi connectivity index (χ0) is 28.3. The van der Waals surface area contributed by atoms with E-state index in [0.29, 0.717) is 34.9 Å². The zero-order valence-electron chi connectivity index (χ0n) is 21.8. The van der Waals surface area contributed by atoms with Gasteiger partial charge in [-0.25, -0.2) is 18.6 Å². The van der Waals surface area contributed by atoms with E-state index in [1.54, 1.807) is 30.3 Å². The Labute approximate surface area is 235 Å². The molecule has 200 valence electrons. The molecule has 0 fully saturated rings. The molecule has 0 aliphatic carbocycles. The number of halogens is 2. The topological polar surface area (TPSA) is 55.1 Å². The second-order valence-electron chi connectivity index (χ2n) is 9.65. The number of aromatic carboxylic acids is 1. The second-order valence-corrected chi connectivity index (χ2v) is 9.65. The summed E-state index contributed by atoms with van der Waals surface area (Å²) >= 11 is 0. The van der Waals surface area contributed by atoms with Crippen LogP contribution >= 0.6 is 0 Å². The van der Waals surface area contributed by atoms with Crippen LogP contribution in [0.5, 0.6) is 0 Å².